The van der Waals surface area contributed by atoms with Crippen molar-refractivity contribution >= 4 is 17.5 Å². The zero-order chi connectivity index (χ0) is 15.4. The van der Waals surface area contributed by atoms with Crippen LogP contribution in [0.1, 0.15) is 17.5 Å². The Morgan fingerprint density at radius 2 is 1.82 bits per heavy atom. The van der Waals surface area contributed by atoms with Crippen molar-refractivity contribution in [3.8, 4) is 0 Å². The third-order valence-corrected chi connectivity index (χ3v) is 3.84. The highest BCUT2D eigenvalue weighted by molar-refractivity contribution is 5.98. The van der Waals surface area contributed by atoms with Crippen LogP contribution in [0.4, 0.5) is 5.69 Å². The second kappa shape index (κ2) is 6.43. The lowest BCUT2D eigenvalue weighted by molar-refractivity contribution is -0.126. The monoisotopic (exact) mass is 294 g/mol. The lowest BCUT2D eigenvalue weighted by Gasteiger charge is -2.15. The third kappa shape index (κ3) is 3.34. The van der Waals surface area contributed by atoms with Gasteiger partial charge in [0.2, 0.25) is 11.8 Å². The van der Waals surface area contributed by atoms with Crippen molar-refractivity contribution in [2.24, 2.45) is 0 Å². The van der Waals surface area contributed by atoms with Gasteiger partial charge in [-0.2, -0.15) is 0 Å². The molecule has 0 fully saturated rings. The summed E-state index contributed by atoms with van der Waals surface area (Å²) in [4.78, 5) is 24.4. The highest BCUT2D eigenvalue weighted by atomic mass is 16.2. The SMILES string of the molecule is O=C(Cc1ccccc1)NC1CCc2ccccc2NC1=O. The molecule has 0 saturated carbocycles. The van der Waals surface area contributed by atoms with Gasteiger partial charge in [-0.15, -0.1) is 0 Å². The van der Waals surface area contributed by atoms with Gasteiger partial charge in [0.15, 0.2) is 0 Å². The molecule has 0 aromatic heterocycles. The van der Waals surface area contributed by atoms with Gasteiger partial charge in [0.05, 0.1) is 6.42 Å². The Labute approximate surface area is 129 Å². The normalized spacial score (nSPS) is 17.1. The van der Waals surface area contributed by atoms with Crippen LogP contribution in [0, 0.1) is 0 Å². The van der Waals surface area contributed by atoms with E-state index in [0.29, 0.717) is 6.42 Å². The summed E-state index contributed by atoms with van der Waals surface area (Å²) in [7, 11) is 0. The molecule has 1 heterocycles. The summed E-state index contributed by atoms with van der Waals surface area (Å²) < 4.78 is 0. The highest BCUT2D eigenvalue weighted by Crippen LogP contribution is 2.21. The summed E-state index contributed by atoms with van der Waals surface area (Å²) in [6.07, 6.45) is 1.67. The molecule has 4 nitrogen and oxygen atoms in total. The van der Waals surface area contributed by atoms with E-state index in [9.17, 15) is 9.59 Å². The lowest BCUT2D eigenvalue weighted by Crippen LogP contribution is -2.43. The van der Waals surface area contributed by atoms with Crippen LogP contribution >= 0.6 is 0 Å². The van der Waals surface area contributed by atoms with E-state index in [2.05, 4.69) is 10.6 Å². The fraction of sp³-hybridized carbons (Fsp3) is 0.222. The molecule has 0 radical (unpaired) electrons. The molecule has 3 rings (SSSR count). The topological polar surface area (TPSA) is 58.2 Å². The van der Waals surface area contributed by atoms with E-state index in [1.165, 1.54) is 0 Å². The number of hydrogen-bond donors (Lipinski definition) is 2. The van der Waals surface area contributed by atoms with Crippen molar-refractivity contribution in [2.75, 3.05) is 5.32 Å². The van der Waals surface area contributed by atoms with E-state index in [1.54, 1.807) is 0 Å². The van der Waals surface area contributed by atoms with E-state index < -0.39 is 6.04 Å². The number of hydrogen-bond acceptors (Lipinski definition) is 2. The molecule has 2 amide bonds. The fourth-order valence-electron chi connectivity index (χ4n) is 2.68. The molecule has 1 atom stereocenters. The summed E-state index contributed by atoms with van der Waals surface area (Å²) in [6, 6.07) is 16.8. The predicted octanol–water partition coefficient (Wildman–Crippen LogP) is 2.30. The second-order valence-corrected chi connectivity index (χ2v) is 5.47. The molecule has 22 heavy (non-hydrogen) atoms. The van der Waals surface area contributed by atoms with Gasteiger partial charge in [-0.05, 0) is 30.0 Å². The van der Waals surface area contributed by atoms with Crippen molar-refractivity contribution in [3.05, 3.63) is 65.7 Å². The lowest BCUT2D eigenvalue weighted by atomic mass is 10.1. The van der Waals surface area contributed by atoms with E-state index in [-0.39, 0.29) is 18.2 Å². The molecule has 1 aliphatic rings. The Bertz CT molecular complexity index is 682. The first-order valence-corrected chi connectivity index (χ1v) is 7.44. The zero-order valence-corrected chi connectivity index (χ0v) is 12.2. The summed E-state index contributed by atoms with van der Waals surface area (Å²) >= 11 is 0. The number of carbonyl (C=O) groups is 2. The molecule has 2 N–H and O–H groups in total. The molecule has 2 aromatic rings. The maximum absolute atomic E-state index is 12.2. The molecule has 4 heteroatoms. The van der Waals surface area contributed by atoms with Gasteiger partial charge in [-0.25, -0.2) is 0 Å². The number of benzene rings is 2. The highest BCUT2D eigenvalue weighted by Gasteiger charge is 2.24. The van der Waals surface area contributed by atoms with Gasteiger partial charge in [-0.1, -0.05) is 48.5 Å². The molecule has 0 aliphatic carbocycles. The number of rotatable bonds is 3. The van der Waals surface area contributed by atoms with Crippen LogP contribution in [-0.2, 0) is 22.4 Å². The summed E-state index contributed by atoms with van der Waals surface area (Å²) in [6.45, 7) is 0. The Morgan fingerprint density at radius 1 is 1.09 bits per heavy atom. The minimum absolute atomic E-state index is 0.127. The van der Waals surface area contributed by atoms with Crippen molar-refractivity contribution < 1.29 is 9.59 Å². The predicted molar refractivity (Wildman–Crippen MR) is 85.5 cm³/mol. The number of carbonyl (C=O) groups excluding carboxylic acids is 2. The molecular weight excluding hydrogens is 276 g/mol. The Kier molecular flexibility index (Phi) is 4.19. The largest absolute Gasteiger partial charge is 0.344 e. The van der Waals surface area contributed by atoms with E-state index in [0.717, 1.165) is 23.2 Å². The number of anilines is 1. The van der Waals surface area contributed by atoms with Crippen LogP contribution in [0.2, 0.25) is 0 Å². The first-order valence-electron chi connectivity index (χ1n) is 7.44. The number of nitrogens with one attached hydrogen (secondary N) is 2. The average molecular weight is 294 g/mol. The van der Waals surface area contributed by atoms with Crippen LogP contribution < -0.4 is 10.6 Å². The van der Waals surface area contributed by atoms with Crippen LogP contribution in [0.3, 0.4) is 0 Å². The molecule has 0 bridgehead atoms. The summed E-state index contributed by atoms with van der Waals surface area (Å²) in [5, 5.41) is 5.73. The second-order valence-electron chi connectivity index (χ2n) is 5.47. The molecule has 0 saturated heterocycles. The minimum Gasteiger partial charge on any atom is -0.344 e. The van der Waals surface area contributed by atoms with Gasteiger partial charge < -0.3 is 10.6 Å². The van der Waals surface area contributed by atoms with E-state index in [1.807, 2.05) is 54.6 Å². The first kappa shape index (κ1) is 14.3. The van der Waals surface area contributed by atoms with Gasteiger partial charge in [0.25, 0.3) is 0 Å². The molecule has 0 spiro atoms. The van der Waals surface area contributed by atoms with Gasteiger partial charge >= 0.3 is 0 Å². The number of aryl methyl sites for hydroxylation is 1. The maximum atomic E-state index is 12.2. The van der Waals surface area contributed by atoms with Gasteiger partial charge in [0.1, 0.15) is 6.04 Å². The number of para-hydroxylation sites is 1. The quantitative estimate of drug-likeness (QED) is 0.912. The van der Waals surface area contributed by atoms with Crippen molar-refractivity contribution in [1.82, 2.24) is 5.32 Å². The van der Waals surface area contributed by atoms with Crippen molar-refractivity contribution in [1.29, 1.82) is 0 Å². The Hall–Kier alpha value is -2.62. The molecule has 2 aromatic carbocycles. The molecule has 1 unspecified atom stereocenters. The minimum atomic E-state index is -0.483. The van der Waals surface area contributed by atoms with Crippen molar-refractivity contribution in [3.63, 3.8) is 0 Å². The standard InChI is InChI=1S/C18H18N2O2/c21-17(12-13-6-2-1-3-7-13)19-16-11-10-14-8-4-5-9-15(14)20-18(16)22/h1-9,16H,10-12H2,(H,19,21)(H,20,22). The van der Waals surface area contributed by atoms with E-state index >= 15 is 0 Å². The third-order valence-electron chi connectivity index (χ3n) is 3.84. The summed E-state index contributed by atoms with van der Waals surface area (Å²) in [5.74, 6) is -0.274. The number of fused-ring (bicyclic) bond motifs is 1. The maximum Gasteiger partial charge on any atom is 0.246 e. The van der Waals surface area contributed by atoms with Crippen LogP contribution in [0.5, 0.6) is 0 Å². The van der Waals surface area contributed by atoms with Crippen LogP contribution in [0.15, 0.2) is 54.6 Å². The van der Waals surface area contributed by atoms with Gasteiger partial charge in [0, 0.05) is 5.69 Å². The van der Waals surface area contributed by atoms with Crippen LogP contribution in [0.25, 0.3) is 0 Å². The fourth-order valence-corrected chi connectivity index (χ4v) is 2.68. The zero-order valence-electron chi connectivity index (χ0n) is 12.2. The molecular formula is C18H18N2O2. The Morgan fingerprint density at radius 3 is 2.64 bits per heavy atom. The van der Waals surface area contributed by atoms with Gasteiger partial charge in [-0.3, -0.25) is 9.59 Å². The first-order chi connectivity index (χ1) is 10.7. The number of amides is 2. The molecule has 112 valence electrons. The summed E-state index contributed by atoms with van der Waals surface area (Å²) in [5.41, 5.74) is 2.89. The van der Waals surface area contributed by atoms with Crippen molar-refractivity contribution in [2.45, 2.75) is 25.3 Å². The molecule has 1 aliphatic heterocycles. The average Bonchev–Trinajstić information content (AvgIpc) is 2.68. The Balaban J connectivity index is 1.64. The van der Waals surface area contributed by atoms with E-state index in [4.69, 9.17) is 0 Å². The van der Waals surface area contributed by atoms with Crippen LogP contribution in [-0.4, -0.2) is 17.9 Å². The smallest absolute Gasteiger partial charge is 0.246 e.